The van der Waals surface area contributed by atoms with Crippen LogP contribution in [-0.4, -0.2) is 25.3 Å². The Kier molecular flexibility index (Phi) is 3.86. The smallest absolute Gasteiger partial charge is 0.338 e. The molecule has 1 aromatic rings. The average molecular weight is 221 g/mol. The number of rotatable bonds is 3. The van der Waals surface area contributed by atoms with Crippen LogP contribution in [0.4, 0.5) is 0 Å². The largest absolute Gasteiger partial charge is 0.495 e. The number of hydrogen-bond donors (Lipinski definition) is 1. The molecule has 0 aliphatic heterocycles. The van der Waals surface area contributed by atoms with E-state index in [4.69, 9.17) is 10.00 Å². The normalized spacial score (nSPS) is 9.38. The Morgan fingerprint density at radius 3 is 2.62 bits per heavy atom. The number of ether oxygens (including phenoxy) is 2. The van der Waals surface area contributed by atoms with E-state index in [1.54, 1.807) is 0 Å². The maximum absolute atomic E-state index is 11.4. The highest BCUT2D eigenvalue weighted by atomic mass is 16.5. The van der Waals surface area contributed by atoms with Gasteiger partial charge in [-0.1, -0.05) is 0 Å². The highest BCUT2D eigenvalue weighted by molar-refractivity contribution is 5.92. The quantitative estimate of drug-likeness (QED) is 0.765. The Labute approximate surface area is 92.8 Å². The molecule has 0 unspecified atom stereocenters. The topological polar surface area (TPSA) is 79.6 Å². The molecule has 0 heterocycles. The molecule has 1 N–H and O–H groups in total. The molecule has 0 aliphatic carbocycles. The van der Waals surface area contributed by atoms with Crippen LogP contribution in [0.25, 0.3) is 0 Å². The van der Waals surface area contributed by atoms with E-state index in [0.29, 0.717) is 0 Å². The number of methoxy groups -OCH3 is 2. The van der Waals surface area contributed by atoms with Crippen LogP contribution in [0.3, 0.4) is 0 Å². The molecular weight excluding hydrogens is 210 g/mol. The van der Waals surface area contributed by atoms with Crippen LogP contribution in [-0.2, 0) is 11.3 Å². The molecule has 0 atom stereocenters. The second kappa shape index (κ2) is 5.14. The van der Waals surface area contributed by atoms with Crippen molar-refractivity contribution in [3.8, 4) is 11.8 Å². The molecule has 1 aromatic carbocycles. The van der Waals surface area contributed by atoms with E-state index in [2.05, 4.69) is 4.74 Å². The van der Waals surface area contributed by atoms with Crippen LogP contribution >= 0.6 is 0 Å². The summed E-state index contributed by atoms with van der Waals surface area (Å²) < 4.78 is 9.57. The van der Waals surface area contributed by atoms with Crippen molar-refractivity contribution < 1.29 is 19.4 Å². The number of esters is 1. The maximum Gasteiger partial charge on any atom is 0.338 e. The average Bonchev–Trinajstić information content (AvgIpc) is 2.35. The van der Waals surface area contributed by atoms with E-state index in [0.717, 1.165) is 0 Å². The van der Waals surface area contributed by atoms with E-state index in [-0.39, 0.29) is 22.4 Å². The third-order valence-corrected chi connectivity index (χ3v) is 2.15. The number of benzene rings is 1. The molecule has 0 fully saturated rings. The zero-order chi connectivity index (χ0) is 12.1. The standard InChI is InChI=1S/C11H11NO4/c1-15-10-7(5-12)3-4-8(9(10)6-13)11(14)16-2/h3-4,13H,6H2,1-2H3. The lowest BCUT2D eigenvalue weighted by Gasteiger charge is -2.11. The summed E-state index contributed by atoms with van der Waals surface area (Å²) in [6, 6.07) is 4.79. The molecule has 0 amide bonds. The zero-order valence-corrected chi connectivity index (χ0v) is 8.98. The Bertz CT molecular complexity index is 448. The highest BCUT2D eigenvalue weighted by Crippen LogP contribution is 2.27. The SMILES string of the molecule is COC(=O)c1ccc(C#N)c(OC)c1CO. The van der Waals surface area contributed by atoms with Crippen LogP contribution in [0.2, 0.25) is 0 Å². The molecule has 5 heteroatoms. The van der Waals surface area contributed by atoms with Crippen LogP contribution < -0.4 is 4.74 Å². The second-order valence-electron chi connectivity index (χ2n) is 2.93. The van der Waals surface area contributed by atoms with Crippen molar-refractivity contribution in [2.75, 3.05) is 14.2 Å². The van der Waals surface area contributed by atoms with Crippen molar-refractivity contribution in [1.29, 1.82) is 5.26 Å². The summed E-state index contributed by atoms with van der Waals surface area (Å²) in [4.78, 5) is 11.4. The fourth-order valence-corrected chi connectivity index (χ4v) is 1.41. The number of aliphatic hydroxyl groups excluding tert-OH is 1. The Morgan fingerprint density at radius 2 is 2.19 bits per heavy atom. The lowest BCUT2D eigenvalue weighted by molar-refractivity contribution is 0.0596. The first kappa shape index (κ1) is 12.0. The van der Waals surface area contributed by atoms with Crippen LogP contribution in [0.15, 0.2) is 12.1 Å². The van der Waals surface area contributed by atoms with Crippen molar-refractivity contribution in [3.63, 3.8) is 0 Å². The summed E-state index contributed by atoms with van der Waals surface area (Å²) in [7, 11) is 2.62. The monoisotopic (exact) mass is 221 g/mol. The van der Waals surface area contributed by atoms with E-state index in [1.165, 1.54) is 26.4 Å². The molecular formula is C11H11NO4. The molecule has 84 valence electrons. The number of aliphatic hydroxyl groups is 1. The van der Waals surface area contributed by atoms with Gasteiger partial charge >= 0.3 is 5.97 Å². The Hall–Kier alpha value is -2.06. The van der Waals surface area contributed by atoms with Gasteiger partial charge in [-0.15, -0.1) is 0 Å². The van der Waals surface area contributed by atoms with Gasteiger partial charge in [0.25, 0.3) is 0 Å². The van der Waals surface area contributed by atoms with E-state index >= 15 is 0 Å². The number of hydrogen-bond acceptors (Lipinski definition) is 5. The lowest BCUT2D eigenvalue weighted by Crippen LogP contribution is -2.08. The Balaban J connectivity index is 3.44. The van der Waals surface area contributed by atoms with Crippen molar-refractivity contribution in [3.05, 3.63) is 28.8 Å². The van der Waals surface area contributed by atoms with Gasteiger partial charge in [0.15, 0.2) is 0 Å². The molecule has 0 spiro atoms. The van der Waals surface area contributed by atoms with E-state index in [1.807, 2.05) is 6.07 Å². The number of carbonyl (C=O) groups is 1. The summed E-state index contributed by atoms with van der Waals surface area (Å²) in [6.07, 6.45) is 0. The zero-order valence-electron chi connectivity index (χ0n) is 8.98. The molecule has 0 radical (unpaired) electrons. The van der Waals surface area contributed by atoms with Gasteiger partial charge in [0, 0.05) is 5.56 Å². The minimum Gasteiger partial charge on any atom is -0.495 e. The van der Waals surface area contributed by atoms with Gasteiger partial charge in [-0.2, -0.15) is 5.26 Å². The Morgan fingerprint density at radius 1 is 1.50 bits per heavy atom. The molecule has 0 aliphatic rings. The van der Waals surface area contributed by atoms with Gasteiger partial charge in [0.1, 0.15) is 11.8 Å². The molecule has 0 aromatic heterocycles. The summed E-state index contributed by atoms with van der Waals surface area (Å²) in [5, 5.41) is 18.0. The van der Waals surface area contributed by atoms with Gasteiger partial charge in [-0.3, -0.25) is 0 Å². The van der Waals surface area contributed by atoms with Crippen molar-refractivity contribution in [2.45, 2.75) is 6.61 Å². The van der Waals surface area contributed by atoms with Crippen LogP contribution in [0, 0.1) is 11.3 Å². The van der Waals surface area contributed by atoms with Crippen molar-refractivity contribution in [1.82, 2.24) is 0 Å². The lowest BCUT2D eigenvalue weighted by atomic mass is 10.0. The van der Waals surface area contributed by atoms with Gasteiger partial charge in [0.2, 0.25) is 0 Å². The number of nitrogens with zero attached hydrogens (tertiary/aromatic N) is 1. The second-order valence-corrected chi connectivity index (χ2v) is 2.93. The fourth-order valence-electron chi connectivity index (χ4n) is 1.41. The molecule has 16 heavy (non-hydrogen) atoms. The third kappa shape index (κ3) is 1.97. The minimum atomic E-state index is -0.577. The van der Waals surface area contributed by atoms with Gasteiger partial charge in [-0.05, 0) is 12.1 Å². The van der Waals surface area contributed by atoms with Crippen molar-refractivity contribution in [2.24, 2.45) is 0 Å². The number of nitriles is 1. The highest BCUT2D eigenvalue weighted by Gasteiger charge is 2.18. The predicted molar refractivity (Wildman–Crippen MR) is 55.0 cm³/mol. The fraction of sp³-hybridized carbons (Fsp3) is 0.273. The van der Waals surface area contributed by atoms with Crippen LogP contribution in [0.1, 0.15) is 21.5 Å². The summed E-state index contributed by atoms with van der Waals surface area (Å²) >= 11 is 0. The first-order chi connectivity index (χ1) is 7.69. The molecule has 0 saturated heterocycles. The summed E-state index contributed by atoms with van der Waals surface area (Å²) in [6.45, 7) is -0.400. The molecule has 1 rings (SSSR count). The van der Waals surface area contributed by atoms with Gasteiger partial charge in [0.05, 0.1) is 32.0 Å². The summed E-state index contributed by atoms with van der Waals surface area (Å²) in [5.74, 6) is -0.375. The first-order valence-electron chi connectivity index (χ1n) is 4.48. The molecule has 0 bridgehead atoms. The van der Waals surface area contributed by atoms with Gasteiger partial charge in [-0.25, -0.2) is 4.79 Å². The van der Waals surface area contributed by atoms with E-state index in [9.17, 15) is 9.90 Å². The first-order valence-corrected chi connectivity index (χ1v) is 4.48. The molecule has 5 nitrogen and oxygen atoms in total. The summed E-state index contributed by atoms with van der Waals surface area (Å²) in [5.41, 5.74) is 0.716. The molecule has 0 saturated carbocycles. The van der Waals surface area contributed by atoms with Crippen molar-refractivity contribution >= 4 is 5.97 Å². The third-order valence-electron chi connectivity index (χ3n) is 2.15. The predicted octanol–water partition coefficient (Wildman–Crippen LogP) is 0.846. The minimum absolute atomic E-state index is 0.195. The number of carbonyl (C=O) groups excluding carboxylic acids is 1. The van der Waals surface area contributed by atoms with Crippen LogP contribution in [0.5, 0.6) is 5.75 Å². The van der Waals surface area contributed by atoms with E-state index < -0.39 is 12.6 Å². The maximum atomic E-state index is 11.4. The van der Waals surface area contributed by atoms with Gasteiger partial charge < -0.3 is 14.6 Å².